The van der Waals surface area contributed by atoms with Crippen molar-refractivity contribution >= 4 is 33.5 Å². The van der Waals surface area contributed by atoms with Crippen LogP contribution in [0, 0.1) is 5.92 Å². The molecule has 9 heteroatoms. The van der Waals surface area contributed by atoms with Crippen LogP contribution in [0.15, 0.2) is 64.7 Å². The Morgan fingerprint density at radius 1 is 1.12 bits per heavy atom. The second kappa shape index (κ2) is 9.60. The average Bonchev–Trinajstić information content (AvgIpc) is 3.24. The number of aliphatic imine (C=N–C) groups is 1. The quantitative estimate of drug-likeness (QED) is 0.543. The lowest BCUT2D eigenvalue weighted by molar-refractivity contribution is 0.279. The first kappa shape index (κ1) is 22.8. The summed E-state index contributed by atoms with van der Waals surface area (Å²) in [5.41, 5.74) is 2.89. The first-order valence-electron chi connectivity index (χ1n) is 10.8. The van der Waals surface area contributed by atoms with Gasteiger partial charge in [0.25, 0.3) is 0 Å². The van der Waals surface area contributed by atoms with Gasteiger partial charge in [0, 0.05) is 31.1 Å². The molecule has 0 bridgehead atoms. The van der Waals surface area contributed by atoms with Crippen molar-refractivity contribution in [2.45, 2.75) is 25.7 Å². The Labute approximate surface area is 195 Å². The van der Waals surface area contributed by atoms with E-state index < -0.39 is 10.2 Å². The second-order valence-corrected chi connectivity index (χ2v) is 10.4. The average molecular weight is 474 g/mol. The summed E-state index contributed by atoms with van der Waals surface area (Å²) in [5, 5.41) is 7.09. The molecule has 2 heterocycles. The van der Waals surface area contributed by atoms with Gasteiger partial charge in [-0.1, -0.05) is 61.0 Å². The van der Waals surface area contributed by atoms with Crippen LogP contribution in [-0.4, -0.2) is 56.1 Å². The predicted octanol–water partition coefficient (Wildman–Crippen LogP) is 3.70. The molecule has 0 aliphatic carbocycles. The molecule has 0 saturated carbocycles. The van der Waals surface area contributed by atoms with Crippen LogP contribution in [0.4, 0.5) is 0 Å². The first-order valence-corrected chi connectivity index (χ1v) is 12.6. The van der Waals surface area contributed by atoms with Crippen molar-refractivity contribution in [1.29, 1.82) is 0 Å². The van der Waals surface area contributed by atoms with Crippen LogP contribution in [0.2, 0.25) is 5.02 Å². The van der Waals surface area contributed by atoms with Crippen molar-refractivity contribution in [1.82, 2.24) is 14.0 Å². The highest BCUT2D eigenvalue weighted by Gasteiger charge is 2.34. The Morgan fingerprint density at radius 3 is 2.50 bits per heavy atom. The van der Waals surface area contributed by atoms with Crippen LogP contribution in [0.5, 0.6) is 0 Å². The largest absolute Gasteiger partial charge is 0.303 e. The number of nitrogens with zero attached hydrogens (tertiary/aromatic N) is 4. The summed E-state index contributed by atoms with van der Waals surface area (Å²) >= 11 is 6.08. The lowest BCUT2D eigenvalue weighted by atomic mass is 9.91. The zero-order valence-corrected chi connectivity index (χ0v) is 19.9. The molecule has 1 saturated heterocycles. The van der Waals surface area contributed by atoms with E-state index in [0.29, 0.717) is 30.6 Å². The maximum atomic E-state index is 13.0. The SMILES string of the molecule is CN=C(NS(=O)(=O)N1CCCC(C)C1)N1C[C@H](c2ccccc2)C(c2ccc(Cl)cc2)=N1. The zero-order valence-electron chi connectivity index (χ0n) is 18.3. The van der Waals surface area contributed by atoms with Gasteiger partial charge < -0.3 is 0 Å². The Morgan fingerprint density at radius 2 is 1.84 bits per heavy atom. The number of piperidine rings is 1. The van der Waals surface area contributed by atoms with Crippen LogP contribution >= 0.6 is 11.6 Å². The van der Waals surface area contributed by atoms with Gasteiger partial charge in [-0.25, -0.2) is 9.73 Å². The third-order valence-corrected chi connectivity index (χ3v) is 7.60. The molecule has 0 aromatic heterocycles. The third kappa shape index (κ3) is 4.98. The normalized spacial score (nSPS) is 22.7. The van der Waals surface area contributed by atoms with Crippen molar-refractivity contribution in [3.05, 3.63) is 70.7 Å². The Kier molecular flexibility index (Phi) is 6.83. The molecule has 2 aliphatic heterocycles. The van der Waals surface area contributed by atoms with Gasteiger partial charge in [-0.05, 0) is 42.0 Å². The molecule has 2 aromatic rings. The molecular formula is C23H28ClN5O2S. The van der Waals surface area contributed by atoms with Crippen molar-refractivity contribution in [2.75, 3.05) is 26.7 Å². The molecule has 1 N–H and O–H groups in total. The van der Waals surface area contributed by atoms with E-state index in [1.807, 2.05) is 42.5 Å². The lowest BCUT2D eigenvalue weighted by Gasteiger charge is -2.31. The van der Waals surface area contributed by atoms with Gasteiger partial charge in [-0.3, -0.25) is 4.99 Å². The predicted molar refractivity (Wildman–Crippen MR) is 129 cm³/mol. The van der Waals surface area contributed by atoms with Gasteiger partial charge in [-0.15, -0.1) is 0 Å². The lowest BCUT2D eigenvalue weighted by Crippen LogP contribution is -2.50. The van der Waals surface area contributed by atoms with E-state index in [1.165, 1.54) is 4.31 Å². The van der Waals surface area contributed by atoms with Gasteiger partial charge in [-0.2, -0.15) is 17.8 Å². The minimum atomic E-state index is -3.71. The van der Waals surface area contributed by atoms with E-state index in [1.54, 1.807) is 12.1 Å². The van der Waals surface area contributed by atoms with Crippen LogP contribution in [0.1, 0.15) is 36.8 Å². The number of rotatable bonds is 4. The van der Waals surface area contributed by atoms with Crippen LogP contribution in [0.3, 0.4) is 0 Å². The summed E-state index contributed by atoms with van der Waals surface area (Å²) in [7, 11) is -2.14. The molecule has 32 heavy (non-hydrogen) atoms. The van der Waals surface area contributed by atoms with Crippen molar-refractivity contribution < 1.29 is 8.42 Å². The summed E-state index contributed by atoms with van der Waals surface area (Å²) in [6.45, 7) is 3.58. The fraction of sp³-hybridized carbons (Fsp3) is 0.391. The first-order chi connectivity index (χ1) is 15.4. The Bertz CT molecular complexity index is 1100. The Hall–Kier alpha value is -2.42. The van der Waals surface area contributed by atoms with Crippen LogP contribution < -0.4 is 4.72 Å². The third-order valence-electron chi connectivity index (χ3n) is 5.89. The van der Waals surface area contributed by atoms with Gasteiger partial charge in [0.1, 0.15) is 0 Å². The van der Waals surface area contributed by atoms with Crippen LogP contribution in [-0.2, 0) is 10.2 Å². The number of nitrogens with one attached hydrogen (secondary N) is 1. The topological polar surface area (TPSA) is 77.4 Å². The fourth-order valence-corrected chi connectivity index (χ4v) is 5.72. The van der Waals surface area contributed by atoms with Crippen molar-refractivity contribution in [2.24, 2.45) is 16.0 Å². The molecule has 2 aliphatic rings. The molecular weight excluding hydrogens is 446 g/mol. The summed E-state index contributed by atoms with van der Waals surface area (Å²) in [6.07, 6.45) is 1.90. The molecule has 0 amide bonds. The highest BCUT2D eigenvalue weighted by molar-refractivity contribution is 7.87. The molecule has 7 nitrogen and oxygen atoms in total. The zero-order chi connectivity index (χ0) is 22.7. The number of hydrogen-bond acceptors (Lipinski definition) is 4. The van der Waals surface area contributed by atoms with Gasteiger partial charge in [0.2, 0.25) is 5.96 Å². The van der Waals surface area contributed by atoms with Gasteiger partial charge in [0.05, 0.1) is 12.3 Å². The maximum Gasteiger partial charge on any atom is 0.303 e. The minimum absolute atomic E-state index is 0.0337. The molecule has 2 aromatic carbocycles. The van der Waals surface area contributed by atoms with E-state index in [9.17, 15) is 8.42 Å². The molecule has 2 atom stereocenters. The van der Waals surface area contributed by atoms with E-state index in [4.69, 9.17) is 16.7 Å². The van der Waals surface area contributed by atoms with Gasteiger partial charge in [0.15, 0.2) is 0 Å². The highest BCUT2D eigenvalue weighted by Crippen LogP contribution is 2.29. The Balaban J connectivity index is 1.62. The molecule has 1 fully saturated rings. The summed E-state index contributed by atoms with van der Waals surface area (Å²) in [4.78, 5) is 4.24. The maximum absolute atomic E-state index is 13.0. The van der Waals surface area contributed by atoms with Crippen molar-refractivity contribution in [3.63, 3.8) is 0 Å². The summed E-state index contributed by atoms with van der Waals surface area (Å²) in [5.74, 6) is 0.521. The molecule has 0 spiro atoms. The molecule has 0 radical (unpaired) electrons. The minimum Gasteiger partial charge on any atom is -0.254 e. The fourth-order valence-electron chi connectivity index (χ4n) is 4.22. The van der Waals surface area contributed by atoms with Gasteiger partial charge >= 0.3 is 10.2 Å². The smallest absolute Gasteiger partial charge is 0.254 e. The van der Waals surface area contributed by atoms with E-state index >= 15 is 0 Å². The van der Waals surface area contributed by atoms with Crippen molar-refractivity contribution in [3.8, 4) is 0 Å². The van der Waals surface area contributed by atoms with Crippen LogP contribution in [0.25, 0.3) is 0 Å². The van der Waals surface area contributed by atoms with E-state index in [-0.39, 0.29) is 11.9 Å². The second-order valence-electron chi connectivity index (χ2n) is 8.30. The number of benzene rings is 2. The number of hydrazone groups is 1. The molecule has 170 valence electrons. The number of guanidine groups is 1. The van der Waals surface area contributed by atoms with E-state index in [2.05, 4.69) is 28.8 Å². The summed E-state index contributed by atoms with van der Waals surface area (Å²) < 4.78 is 30.3. The monoisotopic (exact) mass is 473 g/mol. The number of halogens is 1. The standard InChI is InChI=1S/C23H28ClN5O2S/c1-17-7-6-14-28(15-17)32(30,31)27-23(25-2)29-16-21(18-8-4-3-5-9-18)22(26-29)19-10-12-20(24)13-11-19/h3-5,8-13,17,21H,6-7,14-16H2,1-2H3,(H,25,27)/t17?,21-/m1/s1. The number of hydrogen-bond donors (Lipinski definition) is 1. The summed E-state index contributed by atoms with van der Waals surface area (Å²) in [6, 6.07) is 17.6. The molecule has 1 unspecified atom stereocenters. The molecule has 4 rings (SSSR count). The van der Waals surface area contributed by atoms with E-state index in [0.717, 1.165) is 29.7 Å². The highest BCUT2D eigenvalue weighted by atomic mass is 35.5.